The van der Waals surface area contributed by atoms with E-state index in [0.717, 1.165) is 12.8 Å². The van der Waals surface area contributed by atoms with Crippen LogP contribution in [0.4, 0.5) is 5.82 Å². The van der Waals surface area contributed by atoms with E-state index in [-0.39, 0.29) is 11.9 Å². The van der Waals surface area contributed by atoms with E-state index in [9.17, 15) is 4.79 Å². The van der Waals surface area contributed by atoms with Gasteiger partial charge in [0.15, 0.2) is 0 Å². The predicted octanol–water partition coefficient (Wildman–Crippen LogP) is 1.82. The number of carbonyl (C=O) groups excluding carboxylic acids is 1. The van der Waals surface area contributed by atoms with Gasteiger partial charge in [0.2, 0.25) is 5.91 Å². The zero-order valence-corrected chi connectivity index (χ0v) is 11.2. The lowest BCUT2D eigenvalue weighted by atomic mass is 9.94. The van der Waals surface area contributed by atoms with Crippen LogP contribution in [0.2, 0.25) is 0 Å². The average molecular weight is 250 g/mol. The normalized spacial score (nSPS) is 18.6. The third kappa shape index (κ3) is 2.66. The summed E-state index contributed by atoms with van der Waals surface area (Å²) in [7, 11) is 1.90. The monoisotopic (exact) mass is 250 g/mol. The van der Waals surface area contributed by atoms with Gasteiger partial charge in [0.1, 0.15) is 11.9 Å². The maximum absolute atomic E-state index is 12.4. The van der Waals surface area contributed by atoms with Crippen LogP contribution in [0.15, 0.2) is 12.3 Å². The highest BCUT2D eigenvalue weighted by Crippen LogP contribution is 2.23. The molecule has 5 heteroatoms. The SMILES string of the molecule is CC(C(=O)N(C)C1CCCCC1)n1ccc(N)n1. The summed E-state index contributed by atoms with van der Waals surface area (Å²) in [6.07, 6.45) is 7.75. The molecule has 1 atom stereocenters. The number of amides is 1. The first-order valence-electron chi connectivity index (χ1n) is 6.67. The molecule has 1 heterocycles. The lowest BCUT2D eigenvalue weighted by molar-refractivity contribution is -0.135. The molecule has 1 fully saturated rings. The molecule has 2 rings (SSSR count). The minimum atomic E-state index is -0.283. The number of aromatic nitrogens is 2. The minimum Gasteiger partial charge on any atom is -0.382 e. The number of nitrogens with zero attached hydrogens (tertiary/aromatic N) is 3. The third-order valence-electron chi connectivity index (χ3n) is 3.85. The molecule has 0 aliphatic heterocycles. The standard InChI is InChI=1S/C13H22N4O/c1-10(17-9-8-12(14)15-17)13(18)16(2)11-6-4-3-5-7-11/h8-11H,3-7H2,1-2H3,(H2,14,15). The van der Waals surface area contributed by atoms with Crippen LogP contribution in [0.1, 0.15) is 45.1 Å². The molecule has 1 aromatic heterocycles. The van der Waals surface area contributed by atoms with E-state index in [1.165, 1.54) is 19.3 Å². The fourth-order valence-electron chi connectivity index (χ4n) is 2.62. The fraction of sp³-hybridized carbons (Fsp3) is 0.692. The van der Waals surface area contributed by atoms with E-state index in [1.54, 1.807) is 16.9 Å². The number of nitrogen functional groups attached to an aromatic ring is 1. The largest absolute Gasteiger partial charge is 0.382 e. The molecule has 100 valence electrons. The number of nitrogens with two attached hydrogens (primary N) is 1. The summed E-state index contributed by atoms with van der Waals surface area (Å²) in [5, 5.41) is 4.11. The second kappa shape index (κ2) is 5.42. The molecule has 0 saturated heterocycles. The molecule has 0 radical (unpaired) electrons. The van der Waals surface area contributed by atoms with Crippen LogP contribution in [0.3, 0.4) is 0 Å². The first-order valence-corrected chi connectivity index (χ1v) is 6.67. The Kier molecular flexibility index (Phi) is 3.89. The van der Waals surface area contributed by atoms with E-state index in [0.29, 0.717) is 11.9 Å². The van der Waals surface area contributed by atoms with Crippen LogP contribution in [-0.4, -0.2) is 33.7 Å². The Balaban J connectivity index is 2.01. The molecule has 0 spiro atoms. The van der Waals surface area contributed by atoms with Gasteiger partial charge in [-0.05, 0) is 25.8 Å². The van der Waals surface area contributed by atoms with Crippen molar-refractivity contribution >= 4 is 11.7 Å². The van der Waals surface area contributed by atoms with Crippen molar-refractivity contribution in [2.45, 2.75) is 51.1 Å². The molecule has 0 bridgehead atoms. The number of anilines is 1. The van der Waals surface area contributed by atoms with Crippen LogP contribution < -0.4 is 5.73 Å². The highest BCUT2D eigenvalue weighted by Gasteiger charge is 2.26. The summed E-state index contributed by atoms with van der Waals surface area (Å²) < 4.78 is 1.64. The highest BCUT2D eigenvalue weighted by molar-refractivity contribution is 5.80. The maximum Gasteiger partial charge on any atom is 0.247 e. The molecular weight excluding hydrogens is 228 g/mol. The Bertz CT molecular complexity index is 409. The van der Waals surface area contributed by atoms with Gasteiger partial charge in [0.25, 0.3) is 0 Å². The first-order chi connectivity index (χ1) is 8.59. The summed E-state index contributed by atoms with van der Waals surface area (Å²) in [6, 6.07) is 1.82. The Labute approximate surface area is 108 Å². The van der Waals surface area contributed by atoms with Crippen molar-refractivity contribution < 1.29 is 4.79 Å². The van der Waals surface area contributed by atoms with Gasteiger partial charge in [-0.3, -0.25) is 9.48 Å². The molecule has 1 aromatic rings. The second-order valence-electron chi connectivity index (χ2n) is 5.14. The maximum atomic E-state index is 12.4. The summed E-state index contributed by atoms with van der Waals surface area (Å²) in [5.74, 6) is 0.569. The summed E-state index contributed by atoms with van der Waals surface area (Å²) in [4.78, 5) is 14.3. The molecule has 0 aromatic carbocycles. The zero-order valence-electron chi connectivity index (χ0n) is 11.2. The van der Waals surface area contributed by atoms with Crippen LogP contribution in [0, 0.1) is 0 Å². The summed E-state index contributed by atoms with van der Waals surface area (Å²) in [6.45, 7) is 1.87. The Morgan fingerprint density at radius 2 is 2.17 bits per heavy atom. The van der Waals surface area contributed by atoms with E-state index >= 15 is 0 Å². The molecule has 1 aliphatic rings. The zero-order chi connectivity index (χ0) is 13.1. The average Bonchev–Trinajstić information content (AvgIpc) is 2.84. The Hall–Kier alpha value is -1.52. The topological polar surface area (TPSA) is 64.2 Å². The number of hydrogen-bond acceptors (Lipinski definition) is 3. The predicted molar refractivity (Wildman–Crippen MR) is 71.0 cm³/mol. The fourth-order valence-corrected chi connectivity index (χ4v) is 2.62. The number of rotatable bonds is 3. The van der Waals surface area contributed by atoms with Crippen LogP contribution in [0.5, 0.6) is 0 Å². The number of likely N-dealkylation sites (N-methyl/N-ethyl adjacent to an activating group) is 1. The van der Waals surface area contributed by atoms with Gasteiger partial charge in [-0.25, -0.2) is 0 Å². The van der Waals surface area contributed by atoms with Crippen molar-refractivity contribution in [1.29, 1.82) is 0 Å². The minimum absolute atomic E-state index is 0.116. The van der Waals surface area contributed by atoms with Crippen molar-refractivity contribution in [2.75, 3.05) is 12.8 Å². The molecule has 5 nitrogen and oxygen atoms in total. The lowest BCUT2D eigenvalue weighted by Gasteiger charge is -2.32. The van der Waals surface area contributed by atoms with Crippen molar-refractivity contribution in [3.8, 4) is 0 Å². The second-order valence-corrected chi connectivity index (χ2v) is 5.14. The lowest BCUT2D eigenvalue weighted by Crippen LogP contribution is -2.41. The van der Waals surface area contributed by atoms with Gasteiger partial charge < -0.3 is 10.6 Å². The Morgan fingerprint density at radius 1 is 1.50 bits per heavy atom. The van der Waals surface area contributed by atoms with Gasteiger partial charge in [0, 0.05) is 19.3 Å². The van der Waals surface area contributed by atoms with Crippen molar-refractivity contribution in [3.63, 3.8) is 0 Å². The molecule has 1 aliphatic carbocycles. The van der Waals surface area contributed by atoms with E-state index < -0.39 is 0 Å². The van der Waals surface area contributed by atoms with Crippen LogP contribution in [0.25, 0.3) is 0 Å². The van der Waals surface area contributed by atoms with Gasteiger partial charge in [0.05, 0.1) is 0 Å². The molecule has 1 amide bonds. The molecular formula is C13H22N4O. The van der Waals surface area contributed by atoms with E-state index in [1.807, 2.05) is 18.9 Å². The van der Waals surface area contributed by atoms with Crippen molar-refractivity contribution in [3.05, 3.63) is 12.3 Å². The van der Waals surface area contributed by atoms with Crippen molar-refractivity contribution in [2.24, 2.45) is 0 Å². The van der Waals surface area contributed by atoms with Crippen molar-refractivity contribution in [1.82, 2.24) is 14.7 Å². The number of hydrogen-bond donors (Lipinski definition) is 1. The van der Waals surface area contributed by atoms with Gasteiger partial charge in [-0.15, -0.1) is 0 Å². The highest BCUT2D eigenvalue weighted by atomic mass is 16.2. The molecule has 1 saturated carbocycles. The van der Waals surface area contributed by atoms with Crippen LogP contribution >= 0.6 is 0 Å². The molecule has 18 heavy (non-hydrogen) atoms. The van der Waals surface area contributed by atoms with E-state index in [4.69, 9.17) is 5.73 Å². The van der Waals surface area contributed by atoms with Gasteiger partial charge in [-0.1, -0.05) is 19.3 Å². The summed E-state index contributed by atoms with van der Waals surface area (Å²) >= 11 is 0. The van der Waals surface area contributed by atoms with Gasteiger partial charge in [-0.2, -0.15) is 5.10 Å². The van der Waals surface area contributed by atoms with Crippen LogP contribution in [-0.2, 0) is 4.79 Å². The molecule has 1 unspecified atom stereocenters. The summed E-state index contributed by atoms with van der Waals surface area (Å²) in [5.41, 5.74) is 5.58. The van der Waals surface area contributed by atoms with Gasteiger partial charge >= 0.3 is 0 Å². The third-order valence-corrected chi connectivity index (χ3v) is 3.85. The smallest absolute Gasteiger partial charge is 0.247 e. The number of carbonyl (C=O) groups is 1. The quantitative estimate of drug-likeness (QED) is 0.890. The molecule has 2 N–H and O–H groups in total. The van der Waals surface area contributed by atoms with E-state index in [2.05, 4.69) is 5.10 Å². The first kappa shape index (κ1) is 12.9. The Morgan fingerprint density at radius 3 is 2.72 bits per heavy atom.